The van der Waals surface area contributed by atoms with E-state index in [0.29, 0.717) is 11.8 Å². The van der Waals surface area contributed by atoms with Gasteiger partial charge in [-0.1, -0.05) is 60.1 Å². The van der Waals surface area contributed by atoms with Gasteiger partial charge in [-0.25, -0.2) is 9.80 Å². The molecule has 11 heteroatoms. The maximum atomic E-state index is 13.5. The van der Waals surface area contributed by atoms with Crippen LogP contribution in [0.3, 0.4) is 0 Å². The standard InChI is InChI=1S/C26H19ClF3N3O4/c27-17-11-12-20(19(15-17)26(28,29)30)31-24(35)23(16-7-3-1-4-8-16)37-25(36)21-13-14-22(34)33(32-21)18-9-5-2-6-10-18/h1-12,15,23H,13-14H2,(H,31,35)/t23-/m1/s1. The summed E-state index contributed by atoms with van der Waals surface area (Å²) in [6.07, 6.45) is -6.45. The average molecular weight is 530 g/mol. The molecule has 1 aliphatic rings. The van der Waals surface area contributed by atoms with Crippen LogP contribution in [0.5, 0.6) is 0 Å². The maximum Gasteiger partial charge on any atom is 0.418 e. The molecule has 1 aliphatic heterocycles. The number of nitrogens with zero attached hydrogens (tertiary/aromatic N) is 2. The van der Waals surface area contributed by atoms with Gasteiger partial charge < -0.3 is 10.1 Å². The van der Waals surface area contributed by atoms with Crippen molar-refractivity contribution in [2.24, 2.45) is 5.10 Å². The molecule has 0 saturated carbocycles. The summed E-state index contributed by atoms with van der Waals surface area (Å²) in [5.41, 5.74) is -1.14. The quantitative estimate of drug-likeness (QED) is 0.411. The van der Waals surface area contributed by atoms with E-state index in [4.69, 9.17) is 16.3 Å². The van der Waals surface area contributed by atoms with Gasteiger partial charge in [-0.15, -0.1) is 0 Å². The van der Waals surface area contributed by atoms with Gasteiger partial charge in [0.15, 0.2) is 0 Å². The second-order valence-corrected chi connectivity index (χ2v) is 8.40. The number of anilines is 2. The number of nitrogens with one attached hydrogen (secondary N) is 1. The van der Waals surface area contributed by atoms with Crippen LogP contribution in [0.1, 0.15) is 30.1 Å². The first-order chi connectivity index (χ1) is 17.6. The third-order valence-electron chi connectivity index (χ3n) is 5.38. The van der Waals surface area contributed by atoms with Gasteiger partial charge >= 0.3 is 12.1 Å². The van der Waals surface area contributed by atoms with E-state index >= 15 is 0 Å². The molecule has 0 fully saturated rings. The van der Waals surface area contributed by atoms with Crippen LogP contribution in [0, 0.1) is 0 Å². The molecule has 0 unspecified atom stereocenters. The Labute approximate surface area is 214 Å². The van der Waals surface area contributed by atoms with Crippen molar-refractivity contribution in [2.45, 2.75) is 25.1 Å². The highest BCUT2D eigenvalue weighted by molar-refractivity contribution is 6.38. The fraction of sp³-hybridized carbons (Fsp3) is 0.154. The third kappa shape index (κ3) is 6.15. The highest BCUT2D eigenvalue weighted by Gasteiger charge is 2.36. The van der Waals surface area contributed by atoms with E-state index < -0.39 is 35.4 Å². The Balaban J connectivity index is 1.62. The summed E-state index contributed by atoms with van der Waals surface area (Å²) in [4.78, 5) is 38.5. The summed E-state index contributed by atoms with van der Waals surface area (Å²) in [6, 6.07) is 19.1. The Morgan fingerprint density at radius 3 is 2.27 bits per heavy atom. The molecule has 0 radical (unpaired) electrons. The molecule has 1 atom stereocenters. The van der Waals surface area contributed by atoms with E-state index in [9.17, 15) is 27.6 Å². The van der Waals surface area contributed by atoms with Crippen LogP contribution in [0.15, 0.2) is 84.0 Å². The molecular formula is C26H19ClF3N3O4. The number of rotatable bonds is 6. The molecule has 0 saturated heterocycles. The van der Waals surface area contributed by atoms with Gasteiger partial charge in [-0.2, -0.15) is 18.3 Å². The number of carbonyl (C=O) groups excluding carboxylic acids is 3. The third-order valence-corrected chi connectivity index (χ3v) is 5.61. The number of benzene rings is 3. The van der Waals surface area contributed by atoms with E-state index in [1.54, 1.807) is 48.5 Å². The van der Waals surface area contributed by atoms with Crippen molar-refractivity contribution in [3.63, 3.8) is 0 Å². The second-order valence-electron chi connectivity index (χ2n) is 7.96. The van der Waals surface area contributed by atoms with Gasteiger partial charge in [0, 0.05) is 23.4 Å². The van der Waals surface area contributed by atoms with Crippen LogP contribution in [0.25, 0.3) is 0 Å². The predicted molar refractivity (Wildman–Crippen MR) is 131 cm³/mol. The van der Waals surface area contributed by atoms with Crippen molar-refractivity contribution in [1.82, 2.24) is 0 Å². The van der Waals surface area contributed by atoms with Crippen molar-refractivity contribution in [1.29, 1.82) is 0 Å². The van der Waals surface area contributed by atoms with Crippen LogP contribution in [0.2, 0.25) is 5.02 Å². The predicted octanol–water partition coefficient (Wildman–Crippen LogP) is 5.76. The molecule has 0 aliphatic carbocycles. The molecule has 7 nitrogen and oxygen atoms in total. The lowest BCUT2D eigenvalue weighted by Gasteiger charge is -2.24. The van der Waals surface area contributed by atoms with Crippen molar-refractivity contribution >= 4 is 46.5 Å². The fourth-order valence-electron chi connectivity index (χ4n) is 3.61. The Bertz CT molecular complexity index is 1350. The van der Waals surface area contributed by atoms with Crippen LogP contribution in [-0.2, 0) is 25.3 Å². The molecule has 0 spiro atoms. The normalized spacial score (nSPS) is 14.5. The minimum atomic E-state index is -4.79. The first kappa shape index (κ1) is 25.9. The number of ether oxygens (including phenoxy) is 1. The van der Waals surface area contributed by atoms with Gasteiger partial charge in [-0.05, 0) is 30.3 Å². The first-order valence-corrected chi connectivity index (χ1v) is 11.4. The Hall–Kier alpha value is -4.18. The first-order valence-electron chi connectivity index (χ1n) is 11.0. The lowest BCUT2D eigenvalue weighted by Crippen LogP contribution is -2.36. The number of para-hydroxylation sites is 1. The van der Waals surface area contributed by atoms with Gasteiger partial charge in [-0.3, -0.25) is 9.59 Å². The average Bonchev–Trinajstić information content (AvgIpc) is 2.88. The summed E-state index contributed by atoms with van der Waals surface area (Å²) in [5, 5.41) is 7.21. The van der Waals surface area contributed by atoms with Gasteiger partial charge in [0.1, 0.15) is 5.71 Å². The monoisotopic (exact) mass is 529 g/mol. The van der Waals surface area contributed by atoms with E-state index in [0.717, 1.165) is 11.1 Å². The smallest absolute Gasteiger partial charge is 0.418 e. The number of hydrogen-bond acceptors (Lipinski definition) is 5. The lowest BCUT2D eigenvalue weighted by atomic mass is 10.1. The Morgan fingerprint density at radius 1 is 0.973 bits per heavy atom. The van der Waals surface area contributed by atoms with Crippen LogP contribution < -0.4 is 10.3 Å². The second kappa shape index (κ2) is 10.8. The molecule has 4 rings (SSSR count). The Kier molecular flexibility index (Phi) is 7.58. The number of alkyl halides is 3. The molecule has 3 aromatic carbocycles. The minimum Gasteiger partial charge on any atom is -0.443 e. The van der Waals surface area contributed by atoms with E-state index in [1.807, 2.05) is 0 Å². The van der Waals surface area contributed by atoms with Crippen LogP contribution in [0.4, 0.5) is 24.5 Å². The van der Waals surface area contributed by atoms with Crippen molar-refractivity contribution in [3.8, 4) is 0 Å². The largest absolute Gasteiger partial charge is 0.443 e. The van der Waals surface area contributed by atoms with E-state index in [1.165, 1.54) is 18.2 Å². The molecule has 3 aromatic rings. The zero-order chi connectivity index (χ0) is 26.6. The zero-order valence-corrected chi connectivity index (χ0v) is 19.8. The van der Waals surface area contributed by atoms with Crippen molar-refractivity contribution in [3.05, 3.63) is 95.0 Å². The number of carbonyl (C=O) groups is 3. The van der Waals surface area contributed by atoms with E-state index in [2.05, 4.69) is 10.4 Å². The fourth-order valence-corrected chi connectivity index (χ4v) is 3.78. The number of amides is 2. The summed E-state index contributed by atoms with van der Waals surface area (Å²) in [5.74, 6) is -2.33. The molecule has 0 aromatic heterocycles. The summed E-state index contributed by atoms with van der Waals surface area (Å²) < 4.78 is 46.0. The molecule has 37 heavy (non-hydrogen) atoms. The summed E-state index contributed by atoms with van der Waals surface area (Å²) >= 11 is 5.72. The number of hydrogen-bond donors (Lipinski definition) is 1. The number of halogens is 4. The van der Waals surface area contributed by atoms with Crippen LogP contribution in [-0.4, -0.2) is 23.5 Å². The Morgan fingerprint density at radius 2 is 1.62 bits per heavy atom. The molecular weight excluding hydrogens is 511 g/mol. The van der Waals surface area contributed by atoms with Crippen LogP contribution >= 0.6 is 11.6 Å². The minimum absolute atomic E-state index is 0.0231. The molecule has 0 bridgehead atoms. The van der Waals surface area contributed by atoms with Crippen molar-refractivity contribution in [2.75, 3.05) is 10.3 Å². The highest BCUT2D eigenvalue weighted by Crippen LogP contribution is 2.37. The van der Waals surface area contributed by atoms with Gasteiger partial charge in [0.2, 0.25) is 12.0 Å². The number of esters is 1. The van der Waals surface area contributed by atoms with Gasteiger partial charge in [0.05, 0.1) is 16.9 Å². The molecule has 1 heterocycles. The summed E-state index contributed by atoms with van der Waals surface area (Å²) in [6.45, 7) is 0. The van der Waals surface area contributed by atoms with Gasteiger partial charge in [0.25, 0.3) is 5.91 Å². The zero-order valence-electron chi connectivity index (χ0n) is 19.0. The van der Waals surface area contributed by atoms with Crippen molar-refractivity contribution < 1.29 is 32.3 Å². The maximum absolute atomic E-state index is 13.5. The molecule has 2 amide bonds. The SMILES string of the molecule is O=C(O[C@@H](C(=O)Nc1ccc(Cl)cc1C(F)(F)F)c1ccccc1)C1=NN(c2ccccc2)C(=O)CC1. The molecule has 190 valence electrons. The number of hydrazone groups is 1. The topological polar surface area (TPSA) is 88.1 Å². The molecule has 1 N–H and O–H groups in total. The highest BCUT2D eigenvalue weighted by atomic mass is 35.5. The van der Waals surface area contributed by atoms with E-state index in [-0.39, 0.29) is 35.0 Å². The lowest BCUT2D eigenvalue weighted by molar-refractivity contribution is -0.148. The summed E-state index contributed by atoms with van der Waals surface area (Å²) in [7, 11) is 0.